The van der Waals surface area contributed by atoms with Gasteiger partial charge in [-0.25, -0.2) is 13.1 Å². The summed E-state index contributed by atoms with van der Waals surface area (Å²) < 4.78 is 31.9. The van der Waals surface area contributed by atoms with Crippen LogP contribution in [-0.4, -0.2) is 33.3 Å². The first kappa shape index (κ1) is 15.3. The lowest BCUT2D eigenvalue weighted by molar-refractivity contribution is 0.102. The Kier molecular flexibility index (Phi) is 5.01. The van der Waals surface area contributed by atoms with E-state index in [1.807, 2.05) is 0 Å². The molecule has 0 heterocycles. The number of methoxy groups -OCH3 is 1. The number of hydrogen-bond donors (Lipinski definition) is 2. The Morgan fingerprint density at radius 2 is 2.00 bits per heavy atom. The van der Waals surface area contributed by atoms with E-state index < -0.39 is 10.0 Å². The van der Waals surface area contributed by atoms with Crippen LogP contribution in [0.5, 0.6) is 5.75 Å². The summed E-state index contributed by atoms with van der Waals surface area (Å²) in [7, 11) is -1.95. The van der Waals surface area contributed by atoms with Crippen LogP contribution in [-0.2, 0) is 10.0 Å². The fourth-order valence-electron chi connectivity index (χ4n) is 2.51. The van der Waals surface area contributed by atoms with Crippen LogP contribution in [0.3, 0.4) is 0 Å². The molecule has 1 aromatic carbocycles. The van der Waals surface area contributed by atoms with Crippen molar-refractivity contribution in [1.82, 2.24) is 4.72 Å². The minimum absolute atomic E-state index is 0.215. The molecule has 0 aromatic heterocycles. The normalized spacial score (nSPS) is 23.5. The van der Waals surface area contributed by atoms with Gasteiger partial charge in [0, 0.05) is 6.54 Å². The summed E-state index contributed by atoms with van der Waals surface area (Å²) in [5, 5.41) is 9.59. The number of rotatable bonds is 5. The van der Waals surface area contributed by atoms with Crippen molar-refractivity contribution < 1.29 is 18.3 Å². The molecule has 0 aliphatic heterocycles. The van der Waals surface area contributed by atoms with Gasteiger partial charge in [0.2, 0.25) is 10.0 Å². The van der Waals surface area contributed by atoms with Gasteiger partial charge in [0.15, 0.2) is 0 Å². The second kappa shape index (κ2) is 6.56. The first-order valence-electron chi connectivity index (χ1n) is 6.83. The quantitative estimate of drug-likeness (QED) is 0.864. The van der Waals surface area contributed by atoms with Crippen molar-refractivity contribution in [2.75, 3.05) is 13.7 Å². The van der Waals surface area contributed by atoms with Crippen LogP contribution >= 0.6 is 0 Å². The number of ether oxygens (including phenoxy) is 1. The maximum absolute atomic E-state index is 12.1. The molecule has 2 unspecified atom stereocenters. The zero-order chi connectivity index (χ0) is 14.6. The van der Waals surface area contributed by atoms with Gasteiger partial charge < -0.3 is 9.84 Å². The summed E-state index contributed by atoms with van der Waals surface area (Å²) in [6.45, 7) is 0.380. The molecule has 0 amide bonds. The van der Waals surface area contributed by atoms with Crippen molar-refractivity contribution in [3.05, 3.63) is 24.3 Å². The van der Waals surface area contributed by atoms with E-state index in [1.165, 1.54) is 19.2 Å². The van der Waals surface area contributed by atoms with Crippen molar-refractivity contribution in [3.63, 3.8) is 0 Å². The van der Waals surface area contributed by atoms with Crippen LogP contribution in [0.15, 0.2) is 29.2 Å². The standard InChI is InChI=1S/C14H21NO4S/c1-19-13-5-7-14(8-6-13)20(17,18)15-10-11-3-2-4-12(16)9-11/h5-8,11-12,15-16H,2-4,9-10H2,1H3. The molecule has 1 aliphatic carbocycles. The molecule has 1 saturated carbocycles. The highest BCUT2D eigenvalue weighted by Crippen LogP contribution is 2.24. The highest BCUT2D eigenvalue weighted by atomic mass is 32.2. The topological polar surface area (TPSA) is 75.6 Å². The summed E-state index contributed by atoms with van der Waals surface area (Å²) in [6.07, 6.45) is 3.12. The Balaban J connectivity index is 1.96. The van der Waals surface area contributed by atoms with Crippen LogP contribution in [0.2, 0.25) is 0 Å². The number of aliphatic hydroxyl groups excluding tert-OH is 1. The van der Waals surface area contributed by atoms with E-state index in [-0.39, 0.29) is 16.9 Å². The number of sulfonamides is 1. The van der Waals surface area contributed by atoms with Gasteiger partial charge >= 0.3 is 0 Å². The average Bonchev–Trinajstić information content (AvgIpc) is 2.45. The largest absolute Gasteiger partial charge is 0.497 e. The number of aliphatic hydroxyl groups is 1. The van der Waals surface area contributed by atoms with Crippen LogP contribution < -0.4 is 9.46 Å². The molecule has 5 nitrogen and oxygen atoms in total. The van der Waals surface area contributed by atoms with Crippen molar-refractivity contribution >= 4 is 10.0 Å². The SMILES string of the molecule is COc1ccc(S(=O)(=O)NCC2CCCC(O)C2)cc1. The van der Waals surface area contributed by atoms with Gasteiger partial charge in [-0.1, -0.05) is 6.42 Å². The van der Waals surface area contributed by atoms with Crippen molar-refractivity contribution in [2.45, 2.75) is 36.7 Å². The van der Waals surface area contributed by atoms with Crippen LogP contribution in [0.25, 0.3) is 0 Å². The van der Waals surface area contributed by atoms with Gasteiger partial charge in [-0.05, 0) is 49.4 Å². The van der Waals surface area contributed by atoms with Crippen LogP contribution in [0, 0.1) is 5.92 Å². The average molecular weight is 299 g/mol. The van der Waals surface area contributed by atoms with E-state index in [1.54, 1.807) is 12.1 Å². The van der Waals surface area contributed by atoms with Gasteiger partial charge in [-0.3, -0.25) is 0 Å². The Morgan fingerprint density at radius 3 is 2.60 bits per heavy atom. The number of nitrogens with one attached hydrogen (secondary N) is 1. The summed E-state index contributed by atoms with van der Waals surface area (Å²) in [5.74, 6) is 0.839. The third-order valence-electron chi connectivity index (χ3n) is 3.69. The summed E-state index contributed by atoms with van der Waals surface area (Å²) in [4.78, 5) is 0.231. The summed E-state index contributed by atoms with van der Waals surface area (Å²) in [5.41, 5.74) is 0. The smallest absolute Gasteiger partial charge is 0.240 e. The minimum atomic E-state index is -3.49. The monoisotopic (exact) mass is 299 g/mol. The van der Waals surface area contributed by atoms with E-state index in [0.29, 0.717) is 18.7 Å². The minimum Gasteiger partial charge on any atom is -0.497 e. The Bertz CT molecular complexity index is 527. The molecule has 1 fully saturated rings. The van der Waals surface area contributed by atoms with Gasteiger partial charge in [0.1, 0.15) is 5.75 Å². The first-order chi connectivity index (χ1) is 9.51. The van der Waals surface area contributed by atoms with Crippen LogP contribution in [0.1, 0.15) is 25.7 Å². The van der Waals surface area contributed by atoms with Crippen molar-refractivity contribution in [2.24, 2.45) is 5.92 Å². The molecular weight excluding hydrogens is 278 g/mol. The third-order valence-corrected chi connectivity index (χ3v) is 5.13. The summed E-state index contributed by atoms with van der Waals surface area (Å²) in [6, 6.07) is 6.30. The number of benzene rings is 1. The van der Waals surface area contributed by atoms with E-state index in [0.717, 1.165) is 19.3 Å². The Morgan fingerprint density at radius 1 is 1.30 bits per heavy atom. The van der Waals surface area contributed by atoms with E-state index in [4.69, 9.17) is 4.74 Å². The van der Waals surface area contributed by atoms with Gasteiger partial charge in [-0.2, -0.15) is 0 Å². The lowest BCUT2D eigenvalue weighted by atomic mass is 9.87. The molecule has 2 N–H and O–H groups in total. The lowest BCUT2D eigenvalue weighted by Crippen LogP contribution is -2.33. The molecule has 112 valence electrons. The van der Waals surface area contributed by atoms with E-state index in [2.05, 4.69) is 4.72 Å². The first-order valence-corrected chi connectivity index (χ1v) is 8.31. The molecule has 1 aromatic rings. The zero-order valence-electron chi connectivity index (χ0n) is 11.6. The molecular formula is C14H21NO4S. The highest BCUT2D eigenvalue weighted by molar-refractivity contribution is 7.89. The maximum Gasteiger partial charge on any atom is 0.240 e. The second-order valence-electron chi connectivity index (χ2n) is 5.21. The second-order valence-corrected chi connectivity index (χ2v) is 6.98. The molecule has 2 rings (SSSR count). The molecule has 0 bridgehead atoms. The fraction of sp³-hybridized carbons (Fsp3) is 0.571. The van der Waals surface area contributed by atoms with E-state index >= 15 is 0 Å². The molecule has 0 radical (unpaired) electrons. The van der Waals surface area contributed by atoms with Crippen molar-refractivity contribution in [1.29, 1.82) is 0 Å². The summed E-state index contributed by atoms with van der Waals surface area (Å²) >= 11 is 0. The molecule has 20 heavy (non-hydrogen) atoms. The fourth-order valence-corrected chi connectivity index (χ4v) is 3.63. The highest BCUT2D eigenvalue weighted by Gasteiger charge is 2.22. The zero-order valence-corrected chi connectivity index (χ0v) is 12.4. The molecule has 1 aliphatic rings. The third kappa shape index (κ3) is 3.94. The molecule has 0 saturated heterocycles. The predicted octanol–water partition coefficient (Wildman–Crippen LogP) is 1.52. The van der Waals surface area contributed by atoms with Gasteiger partial charge in [-0.15, -0.1) is 0 Å². The van der Waals surface area contributed by atoms with Gasteiger partial charge in [0.25, 0.3) is 0 Å². The maximum atomic E-state index is 12.1. The number of hydrogen-bond acceptors (Lipinski definition) is 4. The molecule has 0 spiro atoms. The van der Waals surface area contributed by atoms with Crippen LogP contribution in [0.4, 0.5) is 0 Å². The molecule has 6 heteroatoms. The van der Waals surface area contributed by atoms with E-state index in [9.17, 15) is 13.5 Å². The predicted molar refractivity (Wildman–Crippen MR) is 76.1 cm³/mol. The lowest BCUT2D eigenvalue weighted by Gasteiger charge is -2.25. The van der Waals surface area contributed by atoms with Gasteiger partial charge in [0.05, 0.1) is 18.1 Å². The Labute approximate surface area is 120 Å². The molecule has 2 atom stereocenters. The Hall–Kier alpha value is -1.11. The van der Waals surface area contributed by atoms with Crippen molar-refractivity contribution in [3.8, 4) is 5.75 Å².